The Morgan fingerprint density at radius 3 is 2.69 bits per heavy atom. The van der Waals surface area contributed by atoms with E-state index >= 15 is 0 Å². The molecule has 2 rings (SSSR count). The second kappa shape index (κ2) is 4.23. The van der Waals surface area contributed by atoms with Crippen LogP contribution in [0.4, 0.5) is 0 Å². The topological polar surface area (TPSA) is 63.7 Å². The molecule has 2 atom stereocenters. The summed E-state index contributed by atoms with van der Waals surface area (Å²) in [4.78, 5) is 35.9. The summed E-state index contributed by atoms with van der Waals surface area (Å²) in [6.07, 6.45) is 1.67. The van der Waals surface area contributed by atoms with Crippen molar-refractivity contribution >= 4 is 17.7 Å². The molecule has 1 amide bonds. The molecule has 2 heterocycles. The van der Waals surface area contributed by atoms with Crippen molar-refractivity contribution in [3.05, 3.63) is 0 Å². The third kappa shape index (κ3) is 1.94. The summed E-state index contributed by atoms with van der Waals surface area (Å²) in [6.45, 7) is 2.10. The van der Waals surface area contributed by atoms with Crippen LogP contribution >= 0.6 is 0 Å². The number of rotatable bonds is 2. The lowest BCUT2D eigenvalue weighted by Gasteiger charge is -2.23. The molecule has 0 saturated carbocycles. The Morgan fingerprint density at radius 2 is 2.12 bits per heavy atom. The maximum atomic E-state index is 12.0. The highest BCUT2D eigenvalue weighted by molar-refractivity contribution is 5.94. The van der Waals surface area contributed by atoms with Crippen LogP contribution in [0, 0.1) is 0 Å². The number of nitrogens with zero attached hydrogens (tertiary/aromatic N) is 1. The van der Waals surface area contributed by atoms with Gasteiger partial charge in [-0.2, -0.15) is 0 Å². The molecule has 2 fully saturated rings. The van der Waals surface area contributed by atoms with Crippen molar-refractivity contribution < 1.29 is 19.1 Å². The standard InChI is InChI=1S/C11H15NO4/c1-7(13)12-6-2-3-8(12)11(15)9-4-5-10(14)16-9/h8-9H,2-6H2,1H3. The molecule has 2 aliphatic heterocycles. The first-order valence-corrected chi connectivity index (χ1v) is 5.60. The fourth-order valence-corrected chi connectivity index (χ4v) is 2.38. The van der Waals surface area contributed by atoms with Gasteiger partial charge in [0.1, 0.15) is 0 Å². The lowest BCUT2D eigenvalue weighted by Crippen LogP contribution is -2.43. The van der Waals surface area contributed by atoms with Gasteiger partial charge in [0.15, 0.2) is 11.9 Å². The molecule has 88 valence electrons. The third-order valence-corrected chi connectivity index (χ3v) is 3.19. The van der Waals surface area contributed by atoms with Crippen molar-refractivity contribution in [3.8, 4) is 0 Å². The number of cyclic esters (lactones) is 1. The average molecular weight is 225 g/mol. The van der Waals surface area contributed by atoms with Gasteiger partial charge in [-0.25, -0.2) is 0 Å². The van der Waals surface area contributed by atoms with Crippen molar-refractivity contribution in [2.75, 3.05) is 6.54 Å². The van der Waals surface area contributed by atoms with Crippen molar-refractivity contribution in [3.63, 3.8) is 0 Å². The third-order valence-electron chi connectivity index (χ3n) is 3.19. The van der Waals surface area contributed by atoms with E-state index in [0.717, 1.165) is 6.42 Å². The Balaban J connectivity index is 2.03. The van der Waals surface area contributed by atoms with Crippen LogP contribution in [0.3, 0.4) is 0 Å². The number of carbonyl (C=O) groups is 3. The van der Waals surface area contributed by atoms with Crippen molar-refractivity contribution in [2.24, 2.45) is 0 Å². The lowest BCUT2D eigenvalue weighted by atomic mass is 10.0. The van der Waals surface area contributed by atoms with Crippen LogP contribution in [0.25, 0.3) is 0 Å². The van der Waals surface area contributed by atoms with E-state index in [4.69, 9.17) is 4.74 Å². The summed E-state index contributed by atoms with van der Waals surface area (Å²) >= 11 is 0. The Morgan fingerprint density at radius 1 is 1.38 bits per heavy atom. The highest BCUT2D eigenvalue weighted by Crippen LogP contribution is 2.24. The van der Waals surface area contributed by atoms with E-state index in [2.05, 4.69) is 0 Å². The molecule has 2 aliphatic rings. The summed E-state index contributed by atoms with van der Waals surface area (Å²) in [6, 6.07) is -0.381. The molecule has 2 saturated heterocycles. The normalized spacial score (nSPS) is 29.3. The number of Topliss-reactive ketones (excluding diaryl/α,β-unsaturated/α-hetero) is 1. The first-order valence-electron chi connectivity index (χ1n) is 5.60. The molecule has 0 aromatic carbocycles. The van der Waals surface area contributed by atoms with Crippen molar-refractivity contribution in [1.29, 1.82) is 0 Å². The van der Waals surface area contributed by atoms with Crippen LogP contribution in [0.1, 0.15) is 32.6 Å². The highest BCUT2D eigenvalue weighted by atomic mass is 16.6. The molecule has 0 N–H and O–H groups in total. The fourth-order valence-electron chi connectivity index (χ4n) is 2.38. The predicted octanol–water partition coefficient (Wildman–Crippen LogP) is 0.272. The molecular weight excluding hydrogens is 210 g/mol. The van der Waals surface area contributed by atoms with Gasteiger partial charge in [0.05, 0.1) is 6.04 Å². The predicted molar refractivity (Wildman–Crippen MR) is 54.5 cm³/mol. The summed E-state index contributed by atoms with van der Waals surface area (Å²) < 4.78 is 4.94. The largest absolute Gasteiger partial charge is 0.454 e. The molecule has 0 aromatic rings. The monoisotopic (exact) mass is 225 g/mol. The Hall–Kier alpha value is -1.39. The quantitative estimate of drug-likeness (QED) is 0.633. The van der Waals surface area contributed by atoms with E-state index in [0.29, 0.717) is 25.8 Å². The van der Waals surface area contributed by atoms with E-state index in [1.54, 1.807) is 4.90 Å². The summed E-state index contributed by atoms with van der Waals surface area (Å²) in [5, 5.41) is 0. The summed E-state index contributed by atoms with van der Waals surface area (Å²) in [7, 11) is 0. The number of ether oxygens (including phenoxy) is 1. The smallest absolute Gasteiger partial charge is 0.306 e. The van der Waals surface area contributed by atoms with Crippen LogP contribution in [0.2, 0.25) is 0 Å². The molecule has 0 spiro atoms. The number of likely N-dealkylation sites (tertiary alicyclic amines) is 1. The molecule has 16 heavy (non-hydrogen) atoms. The number of ketones is 1. The summed E-state index contributed by atoms with van der Waals surface area (Å²) in [5.74, 6) is -0.510. The minimum Gasteiger partial charge on any atom is -0.454 e. The van der Waals surface area contributed by atoms with Crippen molar-refractivity contribution in [2.45, 2.75) is 44.8 Å². The van der Waals surface area contributed by atoms with Gasteiger partial charge in [-0.15, -0.1) is 0 Å². The molecule has 5 nitrogen and oxygen atoms in total. The fraction of sp³-hybridized carbons (Fsp3) is 0.727. The average Bonchev–Trinajstić information content (AvgIpc) is 2.84. The maximum Gasteiger partial charge on any atom is 0.306 e. The Bertz CT molecular complexity index is 339. The molecule has 2 unspecified atom stereocenters. The number of hydrogen-bond donors (Lipinski definition) is 0. The molecule has 0 bridgehead atoms. The first-order chi connectivity index (χ1) is 7.59. The first kappa shape index (κ1) is 11.1. The van der Waals surface area contributed by atoms with E-state index < -0.39 is 6.10 Å². The van der Waals surface area contributed by atoms with Crippen LogP contribution in [-0.2, 0) is 19.1 Å². The number of esters is 1. The van der Waals surface area contributed by atoms with Crippen molar-refractivity contribution in [1.82, 2.24) is 4.90 Å². The molecule has 5 heteroatoms. The SMILES string of the molecule is CC(=O)N1CCCC1C(=O)C1CCC(=O)O1. The Kier molecular flexibility index (Phi) is 2.94. The van der Waals surface area contributed by atoms with Gasteiger partial charge < -0.3 is 9.64 Å². The van der Waals surface area contributed by atoms with Gasteiger partial charge in [-0.3, -0.25) is 14.4 Å². The highest BCUT2D eigenvalue weighted by Gasteiger charge is 2.39. The molecule has 0 aliphatic carbocycles. The molecular formula is C11H15NO4. The van der Waals surface area contributed by atoms with Crippen LogP contribution in [0.5, 0.6) is 0 Å². The maximum absolute atomic E-state index is 12.0. The summed E-state index contributed by atoms with van der Waals surface area (Å²) in [5.41, 5.74) is 0. The van der Waals surface area contributed by atoms with Crippen LogP contribution < -0.4 is 0 Å². The Labute approximate surface area is 93.7 Å². The zero-order valence-corrected chi connectivity index (χ0v) is 9.27. The van der Waals surface area contributed by atoms with E-state index in [-0.39, 0.29) is 23.7 Å². The van der Waals surface area contributed by atoms with Gasteiger partial charge in [0.25, 0.3) is 0 Å². The van der Waals surface area contributed by atoms with E-state index in [9.17, 15) is 14.4 Å². The second-order valence-corrected chi connectivity index (χ2v) is 4.29. The lowest BCUT2D eigenvalue weighted by molar-refractivity contribution is -0.150. The minimum atomic E-state index is -0.627. The van der Waals surface area contributed by atoms with Gasteiger partial charge in [-0.1, -0.05) is 0 Å². The van der Waals surface area contributed by atoms with Gasteiger partial charge in [0.2, 0.25) is 5.91 Å². The van der Waals surface area contributed by atoms with Gasteiger partial charge in [0, 0.05) is 26.3 Å². The number of amides is 1. The molecule has 0 radical (unpaired) electrons. The van der Waals surface area contributed by atoms with Crippen LogP contribution in [0.15, 0.2) is 0 Å². The van der Waals surface area contributed by atoms with E-state index in [1.807, 2.05) is 0 Å². The minimum absolute atomic E-state index is 0.0832. The van der Waals surface area contributed by atoms with Crippen LogP contribution in [-0.4, -0.2) is 41.3 Å². The van der Waals surface area contributed by atoms with Gasteiger partial charge in [-0.05, 0) is 12.8 Å². The van der Waals surface area contributed by atoms with Gasteiger partial charge >= 0.3 is 5.97 Å². The molecule has 0 aromatic heterocycles. The second-order valence-electron chi connectivity index (χ2n) is 4.29. The zero-order valence-electron chi connectivity index (χ0n) is 9.27. The number of hydrogen-bond acceptors (Lipinski definition) is 4. The zero-order chi connectivity index (χ0) is 11.7. The number of carbonyl (C=O) groups excluding carboxylic acids is 3. The van der Waals surface area contributed by atoms with E-state index in [1.165, 1.54) is 6.92 Å².